The van der Waals surface area contributed by atoms with Crippen LogP contribution < -0.4 is 11.2 Å². The molecule has 0 aromatic carbocycles. The van der Waals surface area contributed by atoms with Gasteiger partial charge in [0.05, 0.1) is 0 Å². The lowest BCUT2D eigenvalue weighted by Crippen LogP contribution is -2.58. The van der Waals surface area contributed by atoms with E-state index in [2.05, 4.69) is 38.5 Å². The topological polar surface area (TPSA) is 41.3 Å². The molecule has 0 saturated carbocycles. The van der Waals surface area contributed by atoms with E-state index in [-0.39, 0.29) is 0 Å². The molecule has 0 aromatic rings. The zero-order valence-electron chi connectivity index (χ0n) is 10.8. The van der Waals surface area contributed by atoms with Crippen LogP contribution in [-0.4, -0.2) is 10.7 Å². The molecule has 16 heavy (non-hydrogen) atoms. The number of allylic oxidation sites excluding steroid dienone is 3. The summed E-state index contributed by atoms with van der Waals surface area (Å²) >= 11 is 0. The molecular formula is C13H23N3. The molecule has 90 valence electrons. The van der Waals surface area contributed by atoms with Crippen LogP contribution >= 0.6 is 0 Å². The van der Waals surface area contributed by atoms with E-state index in [0.717, 1.165) is 23.4 Å². The van der Waals surface area contributed by atoms with Gasteiger partial charge >= 0.3 is 0 Å². The summed E-state index contributed by atoms with van der Waals surface area (Å²) < 4.78 is 0. The Labute approximate surface area is 98.7 Å². The highest BCUT2D eigenvalue weighted by molar-refractivity contribution is 5.18. The molecule has 0 aromatic heterocycles. The largest absolute Gasteiger partial charge is 0.309 e. The maximum absolute atomic E-state index is 6.13. The molecule has 0 spiro atoms. The van der Waals surface area contributed by atoms with Crippen LogP contribution in [0.3, 0.4) is 0 Å². The maximum atomic E-state index is 6.13. The number of hydrazine groups is 1. The van der Waals surface area contributed by atoms with Crippen LogP contribution in [0.2, 0.25) is 0 Å². The van der Waals surface area contributed by atoms with Crippen molar-refractivity contribution in [3.63, 3.8) is 0 Å². The number of rotatable bonds is 3. The average Bonchev–Trinajstić information content (AvgIpc) is 2.11. The van der Waals surface area contributed by atoms with Crippen LogP contribution in [0, 0.1) is 5.92 Å². The summed E-state index contributed by atoms with van der Waals surface area (Å²) in [6, 6.07) is 0. The Morgan fingerprint density at radius 3 is 2.69 bits per heavy atom. The van der Waals surface area contributed by atoms with Crippen molar-refractivity contribution < 1.29 is 0 Å². The number of nitrogens with zero attached hydrogens (tertiary/aromatic N) is 1. The third-order valence-electron chi connectivity index (χ3n) is 2.98. The van der Waals surface area contributed by atoms with Crippen LogP contribution in [0.5, 0.6) is 0 Å². The van der Waals surface area contributed by atoms with Crippen molar-refractivity contribution in [2.75, 3.05) is 0 Å². The maximum Gasteiger partial charge on any atom is 0.103 e. The normalized spacial score (nSPS) is 25.1. The SMILES string of the molecule is C=C1CC(C)C=C(C)N1NC(C)(N)C(=C)C. The molecule has 3 N–H and O–H groups in total. The number of nitrogens with two attached hydrogens (primary N) is 1. The van der Waals surface area contributed by atoms with Crippen molar-refractivity contribution >= 4 is 0 Å². The molecule has 0 radical (unpaired) electrons. The van der Waals surface area contributed by atoms with Crippen molar-refractivity contribution in [2.45, 2.75) is 39.8 Å². The van der Waals surface area contributed by atoms with E-state index in [9.17, 15) is 0 Å². The van der Waals surface area contributed by atoms with Gasteiger partial charge in [0.1, 0.15) is 5.66 Å². The quantitative estimate of drug-likeness (QED) is 0.568. The molecule has 1 heterocycles. The van der Waals surface area contributed by atoms with Crippen LogP contribution in [0.1, 0.15) is 34.1 Å². The summed E-state index contributed by atoms with van der Waals surface area (Å²) in [5.74, 6) is 0.541. The minimum absolute atomic E-state index is 0.541. The van der Waals surface area contributed by atoms with Gasteiger partial charge in [0, 0.05) is 11.4 Å². The van der Waals surface area contributed by atoms with Crippen LogP contribution in [-0.2, 0) is 0 Å². The Balaban J connectivity index is 2.85. The Morgan fingerprint density at radius 1 is 1.69 bits per heavy atom. The monoisotopic (exact) mass is 221 g/mol. The highest BCUT2D eigenvalue weighted by Crippen LogP contribution is 2.26. The number of nitrogens with one attached hydrogen (secondary N) is 1. The third-order valence-corrected chi connectivity index (χ3v) is 2.98. The first kappa shape index (κ1) is 13.0. The Morgan fingerprint density at radius 2 is 2.25 bits per heavy atom. The van der Waals surface area contributed by atoms with E-state index in [4.69, 9.17) is 5.73 Å². The molecule has 0 aliphatic carbocycles. The fraction of sp³-hybridized carbons (Fsp3) is 0.538. The minimum Gasteiger partial charge on any atom is -0.309 e. The Hall–Kier alpha value is -1.06. The smallest absolute Gasteiger partial charge is 0.103 e. The highest BCUT2D eigenvalue weighted by Gasteiger charge is 2.26. The van der Waals surface area contributed by atoms with E-state index in [1.165, 1.54) is 0 Å². The molecule has 3 nitrogen and oxygen atoms in total. The predicted molar refractivity (Wildman–Crippen MR) is 69.1 cm³/mol. The van der Waals surface area contributed by atoms with Crippen molar-refractivity contribution in [1.29, 1.82) is 0 Å². The lowest BCUT2D eigenvalue weighted by atomic mass is 10.00. The second kappa shape index (κ2) is 4.44. The first-order valence-electron chi connectivity index (χ1n) is 5.63. The van der Waals surface area contributed by atoms with Gasteiger partial charge in [-0.25, -0.2) is 5.43 Å². The Bertz CT molecular complexity index is 339. The average molecular weight is 221 g/mol. The van der Waals surface area contributed by atoms with Gasteiger partial charge in [0.15, 0.2) is 0 Å². The third kappa shape index (κ3) is 2.74. The summed E-state index contributed by atoms with van der Waals surface area (Å²) in [7, 11) is 0. The lowest BCUT2D eigenvalue weighted by molar-refractivity contribution is 0.199. The fourth-order valence-electron chi connectivity index (χ4n) is 1.75. The molecule has 1 rings (SSSR count). The van der Waals surface area contributed by atoms with Gasteiger partial charge in [0.2, 0.25) is 0 Å². The van der Waals surface area contributed by atoms with Gasteiger partial charge in [-0.15, -0.1) is 0 Å². The van der Waals surface area contributed by atoms with Gasteiger partial charge in [-0.05, 0) is 38.7 Å². The van der Waals surface area contributed by atoms with Gasteiger partial charge < -0.3 is 5.73 Å². The summed E-state index contributed by atoms with van der Waals surface area (Å²) in [5.41, 5.74) is 11.9. The standard InChI is InChI=1S/C13H23N3/c1-9(2)13(6,14)15-16-11(4)7-10(3)8-12(16)5/h8,10,15H,1,4,7,14H2,2-3,5-6H3. The van der Waals surface area contributed by atoms with Gasteiger partial charge in [-0.3, -0.25) is 5.01 Å². The van der Waals surface area contributed by atoms with Crippen molar-refractivity contribution in [2.24, 2.45) is 11.7 Å². The molecule has 0 amide bonds. The summed E-state index contributed by atoms with van der Waals surface area (Å²) in [6.45, 7) is 16.0. The van der Waals surface area contributed by atoms with Crippen LogP contribution in [0.25, 0.3) is 0 Å². The molecule has 2 atom stereocenters. The van der Waals surface area contributed by atoms with E-state index in [1.807, 2.05) is 18.9 Å². The predicted octanol–water partition coefficient (Wildman–Crippen LogP) is 2.50. The first-order valence-corrected chi connectivity index (χ1v) is 5.63. The second-order valence-corrected chi connectivity index (χ2v) is 4.99. The zero-order valence-corrected chi connectivity index (χ0v) is 10.8. The van der Waals surface area contributed by atoms with E-state index in [0.29, 0.717) is 5.92 Å². The van der Waals surface area contributed by atoms with Crippen molar-refractivity contribution in [3.8, 4) is 0 Å². The summed E-state index contributed by atoms with van der Waals surface area (Å²) in [6.07, 6.45) is 3.17. The van der Waals surface area contributed by atoms with Gasteiger partial charge in [0.25, 0.3) is 0 Å². The first-order chi connectivity index (χ1) is 7.24. The van der Waals surface area contributed by atoms with E-state index >= 15 is 0 Å². The number of hydrogen-bond donors (Lipinski definition) is 2. The zero-order chi connectivity index (χ0) is 12.5. The van der Waals surface area contributed by atoms with Crippen LogP contribution in [0.4, 0.5) is 0 Å². The lowest BCUT2D eigenvalue weighted by Gasteiger charge is -2.40. The van der Waals surface area contributed by atoms with E-state index < -0.39 is 5.66 Å². The molecular weight excluding hydrogens is 198 g/mol. The molecule has 0 saturated heterocycles. The van der Waals surface area contributed by atoms with Crippen LogP contribution in [0.15, 0.2) is 36.2 Å². The van der Waals surface area contributed by atoms with Gasteiger partial charge in [-0.2, -0.15) is 0 Å². The van der Waals surface area contributed by atoms with Crippen molar-refractivity contribution in [3.05, 3.63) is 36.2 Å². The fourth-order valence-corrected chi connectivity index (χ4v) is 1.75. The molecule has 0 bridgehead atoms. The highest BCUT2D eigenvalue weighted by atomic mass is 15.6. The molecule has 3 heteroatoms. The summed E-state index contributed by atoms with van der Waals surface area (Å²) in [4.78, 5) is 0. The molecule has 1 aliphatic heterocycles. The summed E-state index contributed by atoms with van der Waals surface area (Å²) in [5, 5.41) is 1.97. The van der Waals surface area contributed by atoms with Crippen molar-refractivity contribution in [1.82, 2.24) is 10.4 Å². The Kier molecular flexibility index (Phi) is 3.61. The number of hydrogen-bond acceptors (Lipinski definition) is 3. The second-order valence-electron chi connectivity index (χ2n) is 4.99. The molecule has 0 fully saturated rings. The van der Waals surface area contributed by atoms with Gasteiger partial charge in [-0.1, -0.05) is 26.2 Å². The van der Waals surface area contributed by atoms with E-state index in [1.54, 1.807) is 0 Å². The molecule has 2 unspecified atom stereocenters. The minimum atomic E-state index is -0.612. The molecule has 1 aliphatic rings.